The molecule has 1 aliphatic rings. The lowest BCUT2D eigenvalue weighted by Crippen LogP contribution is -2.03. The molecule has 0 spiro atoms. The number of rotatable bonds is 2. The molecule has 3 N–H and O–H groups in total. The second-order valence-electron chi connectivity index (χ2n) is 4.03. The standard InChI is InChI=1S/C12H16N2O2/c1-3-8-4-5-9-11(16-14-12(9)13)10(8)6-7(2)15/h6,15H,3-5H2,1-2H3,(H2,13,14)/b7-6+. The number of aliphatic hydroxyl groups excluding tert-OH is 1. The van der Waals surface area contributed by atoms with E-state index in [1.165, 1.54) is 5.57 Å². The second-order valence-corrected chi connectivity index (χ2v) is 4.03. The van der Waals surface area contributed by atoms with Crippen molar-refractivity contribution in [3.05, 3.63) is 28.7 Å². The van der Waals surface area contributed by atoms with Crippen molar-refractivity contribution in [1.82, 2.24) is 5.16 Å². The highest BCUT2D eigenvalue weighted by molar-refractivity contribution is 5.79. The number of aromatic nitrogens is 1. The topological polar surface area (TPSA) is 72.3 Å². The summed E-state index contributed by atoms with van der Waals surface area (Å²) < 4.78 is 5.24. The molecule has 1 aromatic rings. The van der Waals surface area contributed by atoms with Crippen LogP contribution in [0.3, 0.4) is 0 Å². The molecule has 0 fully saturated rings. The molecule has 1 aromatic heterocycles. The summed E-state index contributed by atoms with van der Waals surface area (Å²) in [5.74, 6) is 1.45. The molecule has 4 heteroatoms. The maximum absolute atomic E-state index is 9.38. The number of allylic oxidation sites excluding steroid dienone is 4. The number of nitrogens with zero attached hydrogens (tertiary/aromatic N) is 1. The summed E-state index contributed by atoms with van der Waals surface area (Å²) in [4.78, 5) is 0. The fourth-order valence-corrected chi connectivity index (χ4v) is 2.09. The van der Waals surface area contributed by atoms with E-state index in [1.807, 2.05) is 0 Å². The van der Waals surface area contributed by atoms with Gasteiger partial charge in [0.1, 0.15) is 0 Å². The van der Waals surface area contributed by atoms with Crippen LogP contribution in [0.4, 0.5) is 5.82 Å². The quantitative estimate of drug-likeness (QED) is 0.752. The second kappa shape index (κ2) is 4.04. The summed E-state index contributed by atoms with van der Waals surface area (Å²) in [6.07, 6.45) is 4.49. The molecule has 0 atom stereocenters. The molecule has 1 heterocycles. The predicted octanol–water partition coefficient (Wildman–Crippen LogP) is 2.83. The zero-order chi connectivity index (χ0) is 11.7. The fraction of sp³-hybridized carbons (Fsp3) is 0.417. The van der Waals surface area contributed by atoms with Gasteiger partial charge in [-0.1, -0.05) is 17.7 Å². The van der Waals surface area contributed by atoms with Gasteiger partial charge in [-0.05, 0) is 32.3 Å². The molecule has 0 aliphatic heterocycles. The highest BCUT2D eigenvalue weighted by Crippen LogP contribution is 2.36. The molecular weight excluding hydrogens is 204 g/mol. The molecule has 0 bridgehead atoms. The third kappa shape index (κ3) is 1.71. The van der Waals surface area contributed by atoms with Crippen molar-refractivity contribution in [2.24, 2.45) is 0 Å². The van der Waals surface area contributed by atoms with Crippen molar-refractivity contribution in [1.29, 1.82) is 0 Å². The van der Waals surface area contributed by atoms with E-state index in [2.05, 4.69) is 12.1 Å². The molecule has 1 aliphatic carbocycles. The van der Waals surface area contributed by atoms with Gasteiger partial charge in [-0.3, -0.25) is 0 Å². The first-order valence-electron chi connectivity index (χ1n) is 5.47. The van der Waals surface area contributed by atoms with Gasteiger partial charge in [0.2, 0.25) is 0 Å². The van der Waals surface area contributed by atoms with Crippen molar-refractivity contribution >= 4 is 11.4 Å². The Morgan fingerprint density at radius 2 is 2.31 bits per heavy atom. The lowest BCUT2D eigenvalue weighted by molar-refractivity contribution is 0.405. The van der Waals surface area contributed by atoms with Crippen LogP contribution in [0, 0.1) is 0 Å². The van der Waals surface area contributed by atoms with E-state index in [1.54, 1.807) is 13.0 Å². The van der Waals surface area contributed by atoms with E-state index < -0.39 is 0 Å². The van der Waals surface area contributed by atoms with E-state index in [-0.39, 0.29) is 5.76 Å². The van der Waals surface area contributed by atoms with Crippen LogP contribution in [0.15, 0.2) is 21.9 Å². The predicted molar refractivity (Wildman–Crippen MR) is 62.8 cm³/mol. The molecule has 4 nitrogen and oxygen atoms in total. The monoisotopic (exact) mass is 220 g/mol. The van der Waals surface area contributed by atoms with E-state index in [9.17, 15) is 5.11 Å². The first-order valence-corrected chi connectivity index (χ1v) is 5.47. The first-order chi connectivity index (χ1) is 7.63. The molecule has 86 valence electrons. The van der Waals surface area contributed by atoms with E-state index >= 15 is 0 Å². The Kier molecular flexibility index (Phi) is 2.73. The Morgan fingerprint density at radius 3 is 2.94 bits per heavy atom. The number of nitrogen functional groups attached to an aromatic ring is 1. The third-order valence-corrected chi connectivity index (χ3v) is 2.90. The van der Waals surface area contributed by atoms with E-state index in [0.717, 1.165) is 30.4 Å². The van der Waals surface area contributed by atoms with E-state index in [0.29, 0.717) is 11.6 Å². The van der Waals surface area contributed by atoms with Crippen LogP contribution in [0.5, 0.6) is 0 Å². The average molecular weight is 220 g/mol. The largest absolute Gasteiger partial charge is 0.513 e. The zero-order valence-corrected chi connectivity index (χ0v) is 9.58. The number of hydrogen-bond donors (Lipinski definition) is 2. The number of anilines is 1. The molecule has 16 heavy (non-hydrogen) atoms. The van der Waals surface area contributed by atoms with Crippen molar-refractivity contribution in [3.8, 4) is 0 Å². The zero-order valence-electron chi connectivity index (χ0n) is 9.58. The van der Waals surface area contributed by atoms with Crippen molar-refractivity contribution in [2.75, 3.05) is 5.73 Å². The molecule has 0 saturated carbocycles. The molecule has 0 amide bonds. The molecule has 0 unspecified atom stereocenters. The van der Waals surface area contributed by atoms with Gasteiger partial charge in [0.05, 0.1) is 5.76 Å². The number of nitrogens with two attached hydrogens (primary N) is 1. The van der Waals surface area contributed by atoms with Gasteiger partial charge in [-0.25, -0.2) is 0 Å². The van der Waals surface area contributed by atoms with Gasteiger partial charge in [0, 0.05) is 11.1 Å². The molecule has 0 saturated heterocycles. The number of hydrogen-bond acceptors (Lipinski definition) is 4. The van der Waals surface area contributed by atoms with Crippen molar-refractivity contribution < 1.29 is 9.63 Å². The molecule has 0 aromatic carbocycles. The van der Waals surface area contributed by atoms with Gasteiger partial charge < -0.3 is 15.4 Å². The van der Waals surface area contributed by atoms with Crippen LogP contribution < -0.4 is 5.73 Å². The summed E-state index contributed by atoms with van der Waals surface area (Å²) in [5.41, 5.74) is 8.91. The van der Waals surface area contributed by atoms with E-state index in [4.69, 9.17) is 10.3 Å². The van der Waals surface area contributed by atoms with Crippen LogP contribution in [0.1, 0.15) is 38.0 Å². The van der Waals surface area contributed by atoms with Gasteiger partial charge in [-0.15, -0.1) is 0 Å². The Morgan fingerprint density at radius 1 is 1.56 bits per heavy atom. The summed E-state index contributed by atoms with van der Waals surface area (Å²) >= 11 is 0. The summed E-state index contributed by atoms with van der Waals surface area (Å²) in [6, 6.07) is 0. The first kappa shape index (κ1) is 10.8. The highest BCUT2D eigenvalue weighted by atomic mass is 16.5. The van der Waals surface area contributed by atoms with Gasteiger partial charge >= 0.3 is 0 Å². The van der Waals surface area contributed by atoms with Gasteiger partial charge in [0.15, 0.2) is 11.6 Å². The Hall–Kier alpha value is -1.71. The summed E-state index contributed by atoms with van der Waals surface area (Å²) in [6.45, 7) is 3.74. The Labute approximate surface area is 94.4 Å². The van der Waals surface area contributed by atoms with Gasteiger partial charge in [-0.2, -0.15) is 0 Å². The minimum atomic E-state index is 0.267. The number of aliphatic hydroxyl groups is 1. The van der Waals surface area contributed by atoms with Crippen molar-refractivity contribution in [3.63, 3.8) is 0 Å². The Balaban J connectivity index is 2.56. The molecular formula is C12H16N2O2. The normalized spacial score (nSPS) is 16.5. The fourth-order valence-electron chi connectivity index (χ4n) is 2.09. The Bertz CT molecular complexity index is 465. The maximum atomic E-state index is 9.38. The summed E-state index contributed by atoms with van der Waals surface area (Å²) in [7, 11) is 0. The minimum Gasteiger partial charge on any atom is -0.513 e. The minimum absolute atomic E-state index is 0.267. The molecule has 0 radical (unpaired) electrons. The van der Waals surface area contributed by atoms with Crippen LogP contribution in [-0.4, -0.2) is 10.3 Å². The lowest BCUT2D eigenvalue weighted by atomic mass is 9.89. The maximum Gasteiger partial charge on any atom is 0.172 e. The average Bonchev–Trinajstić information content (AvgIpc) is 2.61. The third-order valence-electron chi connectivity index (χ3n) is 2.90. The van der Waals surface area contributed by atoms with Crippen LogP contribution in [0.25, 0.3) is 5.57 Å². The van der Waals surface area contributed by atoms with Crippen LogP contribution in [-0.2, 0) is 6.42 Å². The van der Waals surface area contributed by atoms with Gasteiger partial charge in [0.25, 0.3) is 0 Å². The lowest BCUT2D eigenvalue weighted by Gasteiger charge is -2.15. The smallest absolute Gasteiger partial charge is 0.172 e. The SMILES string of the molecule is CCC1=C(/C=C(\C)O)c2onc(N)c2CC1. The molecule has 2 rings (SSSR count). The van der Waals surface area contributed by atoms with Crippen LogP contribution in [0.2, 0.25) is 0 Å². The summed E-state index contributed by atoms with van der Waals surface area (Å²) in [5, 5.41) is 13.2. The number of fused-ring (bicyclic) bond motifs is 1. The highest BCUT2D eigenvalue weighted by Gasteiger charge is 2.23. The van der Waals surface area contributed by atoms with Crippen LogP contribution >= 0.6 is 0 Å². The van der Waals surface area contributed by atoms with Crippen molar-refractivity contribution in [2.45, 2.75) is 33.1 Å².